The summed E-state index contributed by atoms with van der Waals surface area (Å²) in [6.07, 6.45) is 0.906. The second-order valence-electron chi connectivity index (χ2n) is 6.68. The monoisotopic (exact) mass is 357 g/mol. The molecule has 0 spiro atoms. The van der Waals surface area contributed by atoms with E-state index in [-0.39, 0.29) is 18.0 Å². The fourth-order valence-corrected chi connectivity index (χ4v) is 2.85. The minimum absolute atomic E-state index is 0.0238. The SMILES string of the molecule is CCC(C)NC(=O)CN1CCN(C(=O)Nc2cccc(C)c2C#N)CC1. The summed E-state index contributed by atoms with van der Waals surface area (Å²) in [5, 5.41) is 15.0. The zero-order valence-electron chi connectivity index (χ0n) is 15.7. The Balaban J connectivity index is 1.84. The highest BCUT2D eigenvalue weighted by Crippen LogP contribution is 2.19. The number of nitriles is 1. The quantitative estimate of drug-likeness (QED) is 0.843. The van der Waals surface area contributed by atoms with Gasteiger partial charge in [-0.05, 0) is 31.9 Å². The molecule has 1 aliphatic heterocycles. The van der Waals surface area contributed by atoms with E-state index in [1.807, 2.05) is 32.9 Å². The van der Waals surface area contributed by atoms with Crippen molar-refractivity contribution in [1.29, 1.82) is 5.26 Å². The first kappa shape index (κ1) is 19.7. The smallest absolute Gasteiger partial charge is 0.321 e. The average Bonchev–Trinajstić information content (AvgIpc) is 2.62. The zero-order chi connectivity index (χ0) is 19.1. The molecule has 1 heterocycles. The normalized spacial score (nSPS) is 15.8. The van der Waals surface area contributed by atoms with Crippen molar-refractivity contribution < 1.29 is 9.59 Å². The molecule has 1 unspecified atom stereocenters. The third kappa shape index (κ3) is 5.20. The summed E-state index contributed by atoms with van der Waals surface area (Å²) in [4.78, 5) is 28.2. The molecule has 0 aliphatic carbocycles. The molecule has 2 rings (SSSR count). The lowest BCUT2D eigenvalue weighted by atomic mass is 10.1. The van der Waals surface area contributed by atoms with E-state index in [1.165, 1.54) is 0 Å². The third-order valence-electron chi connectivity index (χ3n) is 4.67. The lowest BCUT2D eigenvalue weighted by Gasteiger charge is -2.34. The molecule has 7 nitrogen and oxygen atoms in total. The summed E-state index contributed by atoms with van der Waals surface area (Å²) in [6, 6.07) is 7.50. The van der Waals surface area contributed by atoms with Crippen LogP contribution in [0, 0.1) is 18.3 Å². The molecule has 1 saturated heterocycles. The average molecular weight is 357 g/mol. The Labute approximate surface area is 155 Å². The highest BCUT2D eigenvalue weighted by molar-refractivity contribution is 5.91. The van der Waals surface area contributed by atoms with E-state index >= 15 is 0 Å². The van der Waals surface area contributed by atoms with Gasteiger partial charge in [0.1, 0.15) is 6.07 Å². The second-order valence-corrected chi connectivity index (χ2v) is 6.68. The molecule has 1 aliphatic rings. The van der Waals surface area contributed by atoms with Crippen molar-refractivity contribution in [1.82, 2.24) is 15.1 Å². The molecular weight excluding hydrogens is 330 g/mol. The van der Waals surface area contributed by atoms with Crippen LogP contribution < -0.4 is 10.6 Å². The van der Waals surface area contributed by atoms with Crippen LogP contribution in [-0.2, 0) is 4.79 Å². The van der Waals surface area contributed by atoms with Gasteiger partial charge in [-0.3, -0.25) is 9.69 Å². The van der Waals surface area contributed by atoms with Crippen molar-refractivity contribution in [2.75, 3.05) is 38.0 Å². The number of nitrogens with one attached hydrogen (secondary N) is 2. The Morgan fingerprint density at radius 3 is 2.58 bits per heavy atom. The van der Waals surface area contributed by atoms with E-state index in [4.69, 9.17) is 0 Å². The van der Waals surface area contributed by atoms with Crippen molar-refractivity contribution >= 4 is 17.6 Å². The first-order valence-electron chi connectivity index (χ1n) is 9.02. The van der Waals surface area contributed by atoms with Gasteiger partial charge in [0, 0.05) is 32.2 Å². The van der Waals surface area contributed by atoms with Gasteiger partial charge in [-0.15, -0.1) is 0 Å². The van der Waals surface area contributed by atoms with E-state index in [9.17, 15) is 14.9 Å². The molecule has 2 N–H and O–H groups in total. The predicted molar refractivity (Wildman–Crippen MR) is 101 cm³/mol. The molecular formula is C19H27N5O2. The van der Waals surface area contributed by atoms with Gasteiger partial charge in [-0.2, -0.15) is 5.26 Å². The largest absolute Gasteiger partial charge is 0.353 e. The summed E-state index contributed by atoms with van der Waals surface area (Å²) in [5.74, 6) is 0.0238. The summed E-state index contributed by atoms with van der Waals surface area (Å²) in [5.41, 5.74) is 1.86. The highest BCUT2D eigenvalue weighted by atomic mass is 16.2. The number of urea groups is 1. The number of piperazine rings is 1. The number of benzene rings is 1. The maximum atomic E-state index is 12.5. The first-order valence-corrected chi connectivity index (χ1v) is 9.02. The molecule has 1 aromatic carbocycles. The van der Waals surface area contributed by atoms with Crippen molar-refractivity contribution in [3.63, 3.8) is 0 Å². The van der Waals surface area contributed by atoms with Gasteiger partial charge >= 0.3 is 6.03 Å². The standard InChI is InChI=1S/C19H27N5O2/c1-4-15(3)21-18(25)13-23-8-10-24(11-9-23)19(26)22-17-7-5-6-14(2)16(17)12-20/h5-7,15H,4,8-11,13H2,1-3H3,(H,21,25)(H,22,26). The lowest BCUT2D eigenvalue weighted by molar-refractivity contribution is -0.123. The summed E-state index contributed by atoms with van der Waals surface area (Å²) < 4.78 is 0. The molecule has 7 heteroatoms. The second kappa shape index (κ2) is 9.20. The Morgan fingerprint density at radius 1 is 1.27 bits per heavy atom. The van der Waals surface area contributed by atoms with Gasteiger partial charge in [0.25, 0.3) is 0 Å². The Morgan fingerprint density at radius 2 is 1.96 bits per heavy atom. The molecule has 140 valence electrons. The van der Waals surface area contributed by atoms with Gasteiger partial charge < -0.3 is 15.5 Å². The predicted octanol–water partition coefficient (Wildman–Crippen LogP) is 1.93. The number of aryl methyl sites for hydroxylation is 1. The van der Waals surface area contributed by atoms with Crippen LogP contribution in [0.15, 0.2) is 18.2 Å². The molecule has 0 saturated carbocycles. The van der Waals surface area contributed by atoms with Crippen LogP contribution in [0.4, 0.5) is 10.5 Å². The van der Waals surface area contributed by atoms with E-state index in [0.29, 0.717) is 44.0 Å². The highest BCUT2D eigenvalue weighted by Gasteiger charge is 2.23. The van der Waals surface area contributed by atoms with E-state index in [2.05, 4.69) is 21.6 Å². The van der Waals surface area contributed by atoms with Crippen molar-refractivity contribution in [3.05, 3.63) is 29.3 Å². The van der Waals surface area contributed by atoms with Crippen molar-refractivity contribution in [2.45, 2.75) is 33.2 Å². The van der Waals surface area contributed by atoms with Gasteiger partial charge in [0.15, 0.2) is 0 Å². The minimum Gasteiger partial charge on any atom is -0.353 e. The van der Waals surface area contributed by atoms with Crippen LogP contribution in [0.1, 0.15) is 31.4 Å². The molecule has 1 atom stereocenters. The Bertz CT molecular complexity index is 690. The number of amides is 3. The van der Waals surface area contributed by atoms with Crippen molar-refractivity contribution in [2.24, 2.45) is 0 Å². The molecule has 26 heavy (non-hydrogen) atoms. The third-order valence-corrected chi connectivity index (χ3v) is 4.67. The van der Waals surface area contributed by atoms with Crippen LogP contribution >= 0.6 is 0 Å². The summed E-state index contributed by atoms with van der Waals surface area (Å²) >= 11 is 0. The van der Waals surface area contributed by atoms with Gasteiger partial charge in [0.05, 0.1) is 17.8 Å². The maximum Gasteiger partial charge on any atom is 0.321 e. The summed E-state index contributed by atoms with van der Waals surface area (Å²) in [7, 11) is 0. The van der Waals surface area contributed by atoms with Crippen LogP contribution in [-0.4, -0.2) is 60.5 Å². The fraction of sp³-hybridized carbons (Fsp3) is 0.526. The van der Waals surface area contributed by atoms with Crippen molar-refractivity contribution in [3.8, 4) is 6.07 Å². The van der Waals surface area contributed by atoms with Crippen LogP contribution in [0.2, 0.25) is 0 Å². The number of anilines is 1. The van der Waals surface area contributed by atoms with E-state index < -0.39 is 0 Å². The van der Waals surface area contributed by atoms with E-state index in [0.717, 1.165) is 12.0 Å². The van der Waals surface area contributed by atoms with Gasteiger partial charge in [-0.25, -0.2) is 4.79 Å². The molecule has 0 radical (unpaired) electrons. The van der Waals surface area contributed by atoms with Gasteiger partial charge in [0.2, 0.25) is 5.91 Å². The van der Waals surface area contributed by atoms with Crippen LogP contribution in [0.3, 0.4) is 0 Å². The molecule has 3 amide bonds. The number of hydrogen-bond acceptors (Lipinski definition) is 4. The van der Waals surface area contributed by atoms with Gasteiger partial charge in [-0.1, -0.05) is 19.1 Å². The number of carbonyl (C=O) groups excluding carboxylic acids is 2. The first-order chi connectivity index (χ1) is 12.4. The molecule has 0 bridgehead atoms. The zero-order valence-corrected chi connectivity index (χ0v) is 15.7. The van der Waals surface area contributed by atoms with E-state index in [1.54, 1.807) is 11.0 Å². The maximum absolute atomic E-state index is 12.5. The Hall–Kier alpha value is -2.59. The lowest BCUT2D eigenvalue weighted by Crippen LogP contribution is -2.52. The molecule has 1 aromatic rings. The number of rotatable bonds is 5. The van der Waals surface area contributed by atoms with Crippen LogP contribution in [0.25, 0.3) is 0 Å². The number of nitrogens with zero attached hydrogens (tertiary/aromatic N) is 3. The van der Waals surface area contributed by atoms with Crippen LogP contribution in [0.5, 0.6) is 0 Å². The Kier molecular flexibility index (Phi) is 6.98. The summed E-state index contributed by atoms with van der Waals surface area (Å²) in [6.45, 7) is 8.63. The topological polar surface area (TPSA) is 88.5 Å². The fourth-order valence-electron chi connectivity index (χ4n) is 2.85. The number of carbonyl (C=O) groups is 2. The molecule has 0 aromatic heterocycles. The molecule has 1 fully saturated rings. The minimum atomic E-state index is -0.212. The number of hydrogen-bond donors (Lipinski definition) is 2.